The summed E-state index contributed by atoms with van der Waals surface area (Å²) in [4.78, 5) is 81.9. The number of hydrogen-bond donors (Lipinski definition) is 5. The molecular weight excluding hydrogens is 640 g/mol. The van der Waals surface area contributed by atoms with E-state index >= 15 is 0 Å². The van der Waals surface area contributed by atoms with E-state index in [1.54, 1.807) is 11.8 Å². The second-order valence-corrected chi connectivity index (χ2v) is 15.4. The fourth-order valence-corrected chi connectivity index (χ4v) is 6.88. The van der Waals surface area contributed by atoms with Gasteiger partial charge in [0, 0.05) is 26.1 Å². The van der Waals surface area contributed by atoms with Gasteiger partial charge in [0.1, 0.15) is 18.7 Å². The molecule has 0 spiro atoms. The van der Waals surface area contributed by atoms with Gasteiger partial charge in [0.15, 0.2) is 0 Å². The number of Topliss-reactive ketones (excluding diaryl/α,β-unsaturated/α-hetero) is 1. The van der Waals surface area contributed by atoms with Gasteiger partial charge in [-0.15, -0.1) is 12.3 Å². The molecule has 4 unspecified atom stereocenters. The number of terminal acetylenes is 1. The van der Waals surface area contributed by atoms with E-state index in [2.05, 4.69) is 32.5 Å². The number of carbonyl (C=O) groups is 6. The first-order valence-electron chi connectivity index (χ1n) is 18.3. The van der Waals surface area contributed by atoms with E-state index < -0.39 is 64.7 Å². The van der Waals surface area contributed by atoms with Gasteiger partial charge in [-0.1, -0.05) is 67.7 Å². The van der Waals surface area contributed by atoms with Gasteiger partial charge in [0.25, 0.3) is 5.91 Å². The third-order valence-corrected chi connectivity index (χ3v) is 10.1. The van der Waals surface area contributed by atoms with Crippen LogP contribution in [0.3, 0.4) is 0 Å². The van der Waals surface area contributed by atoms with Gasteiger partial charge >= 0.3 is 12.1 Å². The fraction of sp³-hybridized carbons (Fsp3) is 0.784. The molecule has 5 atom stereocenters. The zero-order valence-corrected chi connectivity index (χ0v) is 31.5. The van der Waals surface area contributed by atoms with Gasteiger partial charge < -0.3 is 36.2 Å². The summed E-state index contributed by atoms with van der Waals surface area (Å²) in [6.45, 7) is 16.3. The summed E-state index contributed by atoms with van der Waals surface area (Å²) in [6.07, 6.45) is 10.6. The Morgan fingerprint density at radius 3 is 2.20 bits per heavy atom. The van der Waals surface area contributed by atoms with Gasteiger partial charge in [-0.2, -0.15) is 0 Å². The number of likely N-dealkylation sites (tertiary alicyclic amines) is 1. The van der Waals surface area contributed by atoms with Crippen molar-refractivity contribution in [2.75, 3.05) is 26.2 Å². The van der Waals surface area contributed by atoms with Crippen molar-refractivity contribution >= 4 is 35.6 Å². The van der Waals surface area contributed by atoms with E-state index in [4.69, 9.17) is 11.2 Å². The standard InChI is InChI=1S/C37H62N6O7/c1-10-13-17-26(29(44)32(46)39-21-11-2)40-31(45)28-25(24(4)5)18-22-43(28)33(47)30(37(9)19-15-14-16-20-37)42-34(48)41-27(36(6,7)8)23-50-35(49)38-12-3/h1,24-28,30H,11-23H2,2-9H3,(H,38,49)(H,39,46)(H,40,45)(H2,41,42,48)/t25-,26?,27?,28?,30?/m1/s1. The Balaban J connectivity index is 2.41. The van der Waals surface area contributed by atoms with Crippen LogP contribution in [0.5, 0.6) is 0 Å². The molecule has 1 saturated heterocycles. The molecule has 0 aromatic rings. The minimum Gasteiger partial charge on any atom is -0.447 e. The zero-order chi connectivity index (χ0) is 37.6. The third-order valence-electron chi connectivity index (χ3n) is 10.1. The Morgan fingerprint density at radius 2 is 1.64 bits per heavy atom. The van der Waals surface area contributed by atoms with Gasteiger partial charge in [0.05, 0.1) is 12.1 Å². The summed E-state index contributed by atoms with van der Waals surface area (Å²) < 4.78 is 5.35. The Bertz CT molecular complexity index is 1230. The quantitative estimate of drug-likeness (QED) is 0.121. The first-order valence-corrected chi connectivity index (χ1v) is 18.3. The maximum Gasteiger partial charge on any atom is 0.407 e. The molecule has 6 amide bonds. The highest BCUT2D eigenvalue weighted by Crippen LogP contribution is 2.41. The number of nitrogens with zero attached hydrogens (tertiary/aromatic N) is 1. The number of alkyl carbamates (subject to hydrolysis) is 1. The maximum atomic E-state index is 14.7. The highest BCUT2D eigenvalue weighted by atomic mass is 16.5. The van der Waals surface area contributed by atoms with E-state index in [9.17, 15) is 28.8 Å². The number of ether oxygens (including phenoxy) is 1. The molecule has 282 valence electrons. The summed E-state index contributed by atoms with van der Waals surface area (Å²) in [6, 6.07) is -4.16. The highest BCUT2D eigenvalue weighted by Gasteiger charge is 2.50. The molecule has 1 saturated carbocycles. The predicted molar refractivity (Wildman–Crippen MR) is 192 cm³/mol. The number of nitrogens with one attached hydrogen (secondary N) is 5. The fourth-order valence-electron chi connectivity index (χ4n) is 6.88. The SMILES string of the molecule is C#CCCC(NC(=O)C1[C@@H](C(C)C)CCN1C(=O)C(NC(=O)NC(COC(=O)NCC)C(C)(C)C)C1(C)CCCCC1)C(=O)C(=O)NCCC. The van der Waals surface area contributed by atoms with Crippen molar-refractivity contribution in [3.05, 3.63) is 0 Å². The highest BCUT2D eigenvalue weighted by molar-refractivity contribution is 6.38. The van der Waals surface area contributed by atoms with Crippen molar-refractivity contribution in [1.29, 1.82) is 0 Å². The van der Waals surface area contributed by atoms with Crippen LogP contribution >= 0.6 is 0 Å². The van der Waals surface area contributed by atoms with E-state index in [-0.39, 0.29) is 37.2 Å². The lowest BCUT2D eigenvalue weighted by Crippen LogP contribution is -2.63. The lowest BCUT2D eigenvalue weighted by Gasteiger charge is -2.43. The van der Waals surface area contributed by atoms with Crippen molar-refractivity contribution in [2.24, 2.45) is 22.7 Å². The number of urea groups is 1. The summed E-state index contributed by atoms with van der Waals surface area (Å²) in [5, 5.41) is 13.8. The first kappa shape index (κ1) is 42.3. The zero-order valence-electron chi connectivity index (χ0n) is 31.5. The molecule has 2 rings (SSSR count). The van der Waals surface area contributed by atoms with Gasteiger partial charge in [0.2, 0.25) is 17.6 Å². The van der Waals surface area contributed by atoms with Gasteiger partial charge in [-0.3, -0.25) is 19.2 Å². The molecule has 1 aliphatic carbocycles. The first-order chi connectivity index (χ1) is 23.5. The van der Waals surface area contributed by atoms with E-state index in [0.29, 0.717) is 45.3 Å². The molecule has 0 radical (unpaired) electrons. The Kier molecular flexibility index (Phi) is 16.5. The molecule has 5 N–H and O–H groups in total. The molecule has 0 aromatic carbocycles. The molecule has 13 heteroatoms. The van der Waals surface area contributed by atoms with Crippen LogP contribution in [-0.4, -0.2) is 90.9 Å². The summed E-state index contributed by atoms with van der Waals surface area (Å²) in [5.74, 6) is -0.197. The van der Waals surface area contributed by atoms with Crippen LogP contribution in [0.4, 0.5) is 9.59 Å². The Labute approximate surface area is 298 Å². The third kappa shape index (κ3) is 11.9. The minimum absolute atomic E-state index is 0.0219. The number of amides is 6. The second-order valence-electron chi connectivity index (χ2n) is 15.4. The van der Waals surface area contributed by atoms with Crippen molar-refractivity contribution in [3.8, 4) is 12.3 Å². The number of rotatable bonds is 16. The Morgan fingerprint density at radius 1 is 0.980 bits per heavy atom. The van der Waals surface area contributed by atoms with Gasteiger partial charge in [-0.05, 0) is 61.7 Å². The van der Waals surface area contributed by atoms with Gasteiger partial charge in [-0.25, -0.2) is 9.59 Å². The van der Waals surface area contributed by atoms with Crippen molar-refractivity contribution in [3.63, 3.8) is 0 Å². The predicted octanol–water partition coefficient (Wildman–Crippen LogP) is 3.65. The summed E-state index contributed by atoms with van der Waals surface area (Å²) >= 11 is 0. The normalized spacial score (nSPS) is 20.4. The van der Waals surface area contributed by atoms with Crippen LogP contribution in [0.2, 0.25) is 0 Å². The molecule has 0 bridgehead atoms. The van der Waals surface area contributed by atoms with Crippen LogP contribution in [0.1, 0.15) is 113 Å². The molecular formula is C37H62N6O7. The minimum atomic E-state index is -1.15. The van der Waals surface area contributed by atoms with Crippen molar-refractivity contribution in [2.45, 2.75) is 137 Å². The lowest BCUT2D eigenvalue weighted by atomic mass is 9.70. The molecule has 1 aliphatic heterocycles. The Hall–Kier alpha value is -3.82. The van der Waals surface area contributed by atoms with Crippen LogP contribution in [-0.2, 0) is 23.9 Å². The molecule has 1 heterocycles. The average Bonchev–Trinajstić information content (AvgIpc) is 3.51. The number of hydrogen-bond acceptors (Lipinski definition) is 7. The molecule has 2 fully saturated rings. The smallest absolute Gasteiger partial charge is 0.407 e. The van der Waals surface area contributed by atoms with Crippen molar-refractivity contribution in [1.82, 2.24) is 31.5 Å². The largest absolute Gasteiger partial charge is 0.447 e. The molecule has 50 heavy (non-hydrogen) atoms. The van der Waals surface area contributed by atoms with Crippen LogP contribution in [0.15, 0.2) is 0 Å². The molecule has 2 aliphatic rings. The maximum absolute atomic E-state index is 14.7. The van der Waals surface area contributed by atoms with Crippen LogP contribution in [0.25, 0.3) is 0 Å². The topological polar surface area (TPSA) is 175 Å². The van der Waals surface area contributed by atoms with Crippen LogP contribution < -0.4 is 26.6 Å². The monoisotopic (exact) mass is 702 g/mol. The molecule has 0 aromatic heterocycles. The van der Waals surface area contributed by atoms with E-state index in [1.807, 2.05) is 48.5 Å². The number of carbonyl (C=O) groups excluding carboxylic acids is 6. The van der Waals surface area contributed by atoms with Crippen LogP contribution in [0, 0.1) is 35.0 Å². The lowest BCUT2D eigenvalue weighted by molar-refractivity contribution is -0.145. The molecule has 13 nitrogen and oxygen atoms in total. The summed E-state index contributed by atoms with van der Waals surface area (Å²) in [5.41, 5.74) is -1.07. The second kappa shape index (κ2) is 19.5. The number of ketones is 1. The van der Waals surface area contributed by atoms with E-state index in [0.717, 1.165) is 19.3 Å². The van der Waals surface area contributed by atoms with Crippen molar-refractivity contribution < 1.29 is 33.5 Å². The van der Waals surface area contributed by atoms with E-state index in [1.165, 1.54) is 0 Å². The average molecular weight is 703 g/mol. The summed E-state index contributed by atoms with van der Waals surface area (Å²) in [7, 11) is 0.